The Labute approximate surface area is 156 Å². The molecule has 5 nitrogen and oxygen atoms in total. The van der Waals surface area contributed by atoms with E-state index >= 15 is 0 Å². The fourth-order valence-electron chi connectivity index (χ4n) is 3.88. The minimum Gasteiger partial charge on any atom is -0.356 e. The van der Waals surface area contributed by atoms with Crippen molar-refractivity contribution in [2.45, 2.75) is 66.5 Å². The average molecular weight is 354 g/mol. The molecule has 1 aliphatic rings. The topological polar surface area (TPSA) is 42.9 Å². The van der Waals surface area contributed by atoms with Gasteiger partial charge in [-0.2, -0.15) is 0 Å². The van der Waals surface area contributed by atoms with Gasteiger partial charge in [-0.3, -0.25) is 9.89 Å². The zero-order valence-corrected chi connectivity index (χ0v) is 17.8. The molecule has 2 N–H and O–H groups in total. The Morgan fingerprint density at radius 3 is 2.36 bits per heavy atom. The van der Waals surface area contributed by atoms with E-state index in [0.29, 0.717) is 12.1 Å². The third-order valence-corrected chi connectivity index (χ3v) is 5.00. The maximum absolute atomic E-state index is 4.39. The molecule has 0 saturated carbocycles. The fourth-order valence-corrected chi connectivity index (χ4v) is 3.88. The molecule has 148 valence electrons. The summed E-state index contributed by atoms with van der Waals surface area (Å²) in [5, 5.41) is 7.02. The summed E-state index contributed by atoms with van der Waals surface area (Å²) in [6, 6.07) is 1.15. The molecular formula is C20H43N5. The van der Waals surface area contributed by atoms with Gasteiger partial charge in [-0.25, -0.2) is 0 Å². The van der Waals surface area contributed by atoms with Gasteiger partial charge >= 0.3 is 0 Å². The Hall–Kier alpha value is -0.810. The second kappa shape index (κ2) is 11.7. The van der Waals surface area contributed by atoms with Crippen LogP contribution in [0.15, 0.2) is 4.99 Å². The number of likely N-dealkylation sites (tertiary alicyclic amines) is 1. The minimum absolute atomic E-state index is 0.575. The van der Waals surface area contributed by atoms with Crippen LogP contribution in [0.2, 0.25) is 0 Å². The lowest BCUT2D eigenvalue weighted by atomic mass is 9.97. The molecule has 0 radical (unpaired) electrons. The van der Waals surface area contributed by atoms with E-state index in [4.69, 9.17) is 0 Å². The van der Waals surface area contributed by atoms with Gasteiger partial charge in [0.25, 0.3) is 0 Å². The number of hydrogen-bond donors (Lipinski definition) is 2. The summed E-state index contributed by atoms with van der Waals surface area (Å²) >= 11 is 0. The van der Waals surface area contributed by atoms with Crippen molar-refractivity contribution in [1.82, 2.24) is 20.4 Å². The zero-order chi connectivity index (χ0) is 18.8. The second-order valence-corrected chi connectivity index (χ2v) is 8.47. The first-order valence-corrected chi connectivity index (χ1v) is 10.3. The lowest BCUT2D eigenvalue weighted by molar-refractivity contribution is 0.159. The largest absolute Gasteiger partial charge is 0.356 e. The van der Waals surface area contributed by atoms with E-state index in [2.05, 4.69) is 67.0 Å². The van der Waals surface area contributed by atoms with E-state index < -0.39 is 0 Å². The first-order chi connectivity index (χ1) is 11.8. The molecule has 0 aromatic rings. The van der Waals surface area contributed by atoms with Crippen LogP contribution in [-0.4, -0.2) is 74.2 Å². The molecule has 1 fully saturated rings. The summed E-state index contributed by atoms with van der Waals surface area (Å²) in [6.45, 7) is 20.4. The van der Waals surface area contributed by atoms with Crippen LogP contribution >= 0.6 is 0 Å². The van der Waals surface area contributed by atoms with Crippen LogP contribution in [0.3, 0.4) is 0 Å². The maximum atomic E-state index is 4.39. The van der Waals surface area contributed by atoms with Crippen LogP contribution in [0.1, 0.15) is 54.4 Å². The van der Waals surface area contributed by atoms with Crippen LogP contribution in [0.25, 0.3) is 0 Å². The highest BCUT2D eigenvalue weighted by Crippen LogP contribution is 2.16. The summed E-state index contributed by atoms with van der Waals surface area (Å²) in [7, 11) is 1.87. The minimum atomic E-state index is 0.575. The van der Waals surface area contributed by atoms with Gasteiger partial charge in [0.15, 0.2) is 5.96 Å². The molecule has 1 rings (SSSR count). The second-order valence-electron chi connectivity index (χ2n) is 8.47. The third kappa shape index (κ3) is 8.91. The number of piperidine rings is 1. The van der Waals surface area contributed by atoms with E-state index in [-0.39, 0.29) is 0 Å². The van der Waals surface area contributed by atoms with Gasteiger partial charge in [0, 0.05) is 51.9 Å². The summed E-state index contributed by atoms with van der Waals surface area (Å²) in [6.07, 6.45) is 2.65. The molecular weight excluding hydrogens is 310 g/mol. The van der Waals surface area contributed by atoms with Gasteiger partial charge in [-0.05, 0) is 58.9 Å². The van der Waals surface area contributed by atoms with E-state index in [0.717, 1.165) is 37.4 Å². The molecule has 0 bridgehead atoms. The van der Waals surface area contributed by atoms with Crippen molar-refractivity contribution in [3.05, 3.63) is 0 Å². The quantitative estimate of drug-likeness (QED) is 0.494. The van der Waals surface area contributed by atoms with E-state index in [1.165, 1.54) is 32.5 Å². The smallest absolute Gasteiger partial charge is 0.191 e. The van der Waals surface area contributed by atoms with Crippen molar-refractivity contribution in [3.8, 4) is 0 Å². The van der Waals surface area contributed by atoms with Crippen LogP contribution in [0.5, 0.6) is 0 Å². The molecule has 5 heteroatoms. The van der Waals surface area contributed by atoms with Crippen molar-refractivity contribution < 1.29 is 0 Å². The summed E-state index contributed by atoms with van der Waals surface area (Å²) in [4.78, 5) is 9.52. The SMILES string of the molecule is CN=C(NCCN(C(C)C)C(C)C)NCC1CCCN(CC(C)C)C1. The molecule has 0 aromatic carbocycles. The third-order valence-electron chi connectivity index (χ3n) is 5.00. The predicted octanol–water partition coefficient (Wildman–Crippen LogP) is 2.64. The molecule has 0 aromatic heterocycles. The van der Waals surface area contributed by atoms with Crippen molar-refractivity contribution in [1.29, 1.82) is 0 Å². The summed E-state index contributed by atoms with van der Waals surface area (Å²) in [5.41, 5.74) is 0. The first kappa shape index (κ1) is 22.2. The van der Waals surface area contributed by atoms with Crippen LogP contribution in [0.4, 0.5) is 0 Å². The highest BCUT2D eigenvalue weighted by Gasteiger charge is 2.20. The number of rotatable bonds is 9. The molecule has 1 unspecified atom stereocenters. The van der Waals surface area contributed by atoms with Gasteiger partial charge in [0.2, 0.25) is 0 Å². The number of aliphatic imine (C=N–C) groups is 1. The molecule has 1 heterocycles. The fraction of sp³-hybridized carbons (Fsp3) is 0.950. The predicted molar refractivity (Wildman–Crippen MR) is 110 cm³/mol. The average Bonchev–Trinajstić information content (AvgIpc) is 2.53. The Morgan fingerprint density at radius 1 is 1.12 bits per heavy atom. The van der Waals surface area contributed by atoms with Crippen molar-refractivity contribution in [2.75, 3.05) is 46.3 Å². The molecule has 1 saturated heterocycles. The Bertz CT molecular complexity index is 370. The van der Waals surface area contributed by atoms with Gasteiger partial charge < -0.3 is 15.5 Å². The highest BCUT2D eigenvalue weighted by molar-refractivity contribution is 5.79. The standard InChI is InChI=1S/C20H43N5/c1-16(2)14-24-11-8-9-19(15-24)13-23-20(21-7)22-10-12-25(17(3)4)18(5)6/h16-19H,8-15H2,1-7H3,(H2,21,22,23). The molecule has 1 aliphatic heterocycles. The lowest BCUT2D eigenvalue weighted by Crippen LogP contribution is -2.47. The molecule has 1 atom stereocenters. The molecule has 0 spiro atoms. The van der Waals surface area contributed by atoms with Crippen molar-refractivity contribution in [3.63, 3.8) is 0 Å². The highest BCUT2D eigenvalue weighted by atomic mass is 15.2. The van der Waals surface area contributed by atoms with Gasteiger partial charge in [0.05, 0.1) is 0 Å². The number of nitrogens with one attached hydrogen (secondary N) is 2. The maximum Gasteiger partial charge on any atom is 0.191 e. The van der Waals surface area contributed by atoms with Crippen molar-refractivity contribution >= 4 is 5.96 Å². The molecule has 25 heavy (non-hydrogen) atoms. The van der Waals surface area contributed by atoms with E-state index in [9.17, 15) is 0 Å². The van der Waals surface area contributed by atoms with Gasteiger partial charge in [-0.1, -0.05) is 13.8 Å². The van der Waals surface area contributed by atoms with Gasteiger partial charge in [0.1, 0.15) is 0 Å². The number of nitrogens with zero attached hydrogens (tertiary/aromatic N) is 3. The Balaban J connectivity index is 2.32. The van der Waals surface area contributed by atoms with Crippen LogP contribution in [0, 0.1) is 11.8 Å². The van der Waals surface area contributed by atoms with Crippen LogP contribution in [-0.2, 0) is 0 Å². The van der Waals surface area contributed by atoms with Gasteiger partial charge in [-0.15, -0.1) is 0 Å². The Morgan fingerprint density at radius 2 is 1.80 bits per heavy atom. The molecule has 0 amide bonds. The summed E-state index contributed by atoms with van der Waals surface area (Å²) < 4.78 is 0. The lowest BCUT2D eigenvalue weighted by Gasteiger charge is -2.34. The zero-order valence-electron chi connectivity index (χ0n) is 17.8. The summed E-state index contributed by atoms with van der Waals surface area (Å²) in [5.74, 6) is 2.42. The Kier molecular flexibility index (Phi) is 10.4. The number of guanidine groups is 1. The monoisotopic (exact) mass is 353 g/mol. The van der Waals surface area contributed by atoms with Crippen molar-refractivity contribution in [2.24, 2.45) is 16.8 Å². The van der Waals surface area contributed by atoms with E-state index in [1.54, 1.807) is 0 Å². The van der Waals surface area contributed by atoms with Crippen LogP contribution < -0.4 is 10.6 Å². The number of hydrogen-bond acceptors (Lipinski definition) is 3. The van der Waals surface area contributed by atoms with E-state index in [1.807, 2.05) is 7.05 Å². The first-order valence-electron chi connectivity index (χ1n) is 10.3. The molecule has 0 aliphatic carbocycles. The normalized spacial score (nSPS) is 20.1.